The van der Waals surface area contributed by atoms with Gasteiger partial charge in [0.2, 0.25) is 5.82 Å². The van der Waals surface area contributed by atoms with E-state index in [1.807, 2.05) is 0 Å². The summed E-state index contributed by atoms with van der Waals surface area (Å²) < 4.78 is 37.8. The second kappa shape index (κ2) is 6.05. The lowest BCUT2D eigenvalue weighted by molar-refractivity contribution is -0.144. The topological polar surface area (TPSA) is 70.1 Å². The van der Waals surface area contributed by atoms with Gasteiger partial charge >= 0.3 is 6.18 Å². The van der Waals surface area contributed by atoms with Gasteiger partial charge in [-0.15, -0.1) is 0 Å². The molecule has 19 heavy (non-hydrogen) atoms. The molecule has 0 aromatic carbocycles. The summed E-state index contributed by atoms with van der Waals surface area (Å²) in [5.41, 5.74) is 0. The van der Waals surface area contributed by atoms with Crippen molar-refractivity contribution in [2.75, 3.05) is 17.7 Å². The summed E-state index contributed by atoms with van der Waals surface area (Å²) in [4.78, 5) is 6.79. The van der Waals surface area contributed by atoms with E-state index in [0.29, 0.717) is 6.42 Å². The number of halogens is 3. The van der Waals surface area contributed by atoms with Crippen molar-refractivity contribution in [2.45, 2.75) is 38.6 Å². The van der Waals surface area contributed by atoms with E-state index in [2.05, 4.69) is 20.6 Å². The van der Waals surface area contributed by atoms with Crippen molar-refractivity contribution in [3.63, 3.8) is 0 Å². The van der Waals surface area contributed by atoms with Crippen molar-refractivity contribution in [3.8, 4) is 0 Å². The highest BCUT2D eigenvalue weighted by atomic mass is 19.4. The van der Waals surface area contributed by atoms with Crippen LogP contribution >= 0.6 is 0 Å². The molecule has 1 aromatic heterocycles. The number of hydrogen-bond acceptors (Lipinski definition) is 5. The van der Waals surface area contributed by atoms with Crippen molar-refractivity contribution >= 4 is 11.6 Å². The van der Waals surface area contributed by atoms with Crippen molar-refractivity contribution in [2.24, 2.45) is 0 Å². The number of rotatable bonds is 5. The van der Waals surface area contributed by atoms with Crippen LogP contribution in [0, 0.1) is 0 Å². The normalized spacial score (nSPS) is 14.9. The van der Waals surface area contributed by atoms with Crippen LogP contribution in [0.15, 0.2) is 6.07 Å². The van der Waals surface area contributed by atoms with Crippen molar-refractivity contribution in [1.29, 1.82) is 0 Å². The van der Waals surface area contributed by atoms with Gasteiger partial charge in [0.05, 0.1) is 6.10 Å². The van der Waals surface area contributed by atoms with Gasteiger partial charge in [0.1, 0.15) is 11.6 Å². The molecule has 1 rings (SSSR count). The molecule has 0 aliphatic heterocycles. The highest BCUT2D eigenvalue weighted by Crippen LogP contribution is 2.28. The molecule has 1 aromatic rings. The molecule has 5 nitrogen and oxygen atoms in total. The third-order valence-electron chi connectivity index (χ3n) is 2.32. The van der Waals surface area contributed by atoms with Crippen LogP contribution in [-0.4, -0.2) is 34.3 Å². The Kier molecular flexibility index (Phi) is 4.93. The summed E-state index contributed by atoms with van der Waals surface area (Å²) in [6, 6.07) is 1.18. The minimum absolute atomic E-state index is 0.0693. The molecule has 0 saturated heterocycles. The van der Waals surface area contributed by atoms with Gasteiger partial charge in [0.25, 0.3) is 0 Å². The fraction of sp³-hybridized carbons (Fsp3) is 0.636. The third-order valence-corrected chi connectivity index (χ3v) is 2.32. The number of alkyl halides is 3. The molecule has 0 saturated carbocycles. The van der Waals surface area contributed by atoms with E-state index in [9.17, 15) is 18.3 Å². The molecule has 3 N–H and O–H groups in total. The number of aliphatic hydroxyl groups is 1. The smallest absolute Gasteiger partial charge is 0.393 e. The van der Waals surface area contributed by atoms with E-state index < -0.39 is 18.1 Å². The molecule has 0 bridgehead atoms. The minimum Gasteiger partial charge on any atom is -0.393 e. The first kappa shape index (κ1) is 15.5. The highest BCUT2D eigenvalue weighted by Gasteiger charge is 2.35. The summed E-state index contributed by atoms with van der Waals surface area (Å²) in [6.07, 6.45) is -4.74. The van der Waals surface area contributed by atoms with Gasteiger partial charge in [-0.25, -0.2) is 9.97 Å². The molecule has 0 fully saturated rings. The Morgan fingerprint density at radius 3 is 2.32 bits per heavy atom. The molecule has 2 unspecified atom stereocenters. The van der Waals surface area contributed by atoms with Crippen molar-refractivity contribution in [3.05, 3.63) is 11.9 Å². The Balaban J connectivity index is 2.94. The zero-order valence-electron chi connectivity index (χ0n) is 10.9. The number of hydrogen-bond donors (Lipinski definition) is 3. The summed E-state index contributed by atoms with van der Waals surface area (Å²) in [7, 11) is 1.48. The lowest BCUT2D eigenvalue weighted by atomic mass is 10.1. The zero-order chi connectivity index (χ0) is 14.6. The summed E-state index contributed by atoms with van der Waals surface area (Å²) in [5, 5.41) is 14.6. The third kappa shape index (κ3) is 4.90. The maximum atomic E-state index is 12.6. The number of nitrogens with one attached hydrogen (secondary N) is 2. The average Bonchev–Trinajstić information content (AvgIpc) is 2.25. The molecule has 0 aliphatic rings. The Morgan fingerprint density at radius 1 is 1.26 bits per heavy atom. The SMILES string of the molecule is CNc1cc(NC(C)CC(C)O)nc(C(F)(F)F)n1. The maximum absolute atomic E-state index is 12.6. The number of anilines is 2. The Labute approximate surface area is 109 Å². The van der Waals surface area contributed by atoms with Crippen LogP contribution in [0.25, 0.3) is 0 Å². The lowest BCUT2D eigenvalue weighted by Gasteiger charge is -2.17. The van der Waals surface area contributed by atoms with E-state index in [0.717, 1.165) is 0 Å². The van der Waals surface area contributed by atoms with Crippen LogP contribution in [0.3, 0.4) is 0 Å². The van der Waals surface area contributed by atoms with Gasteiger partial charge in [-0.2, -0.15) is 13.2 Å². The van der Waals surface area contributed by atoms with Crippen LogP contribution in [0.2, 0.25) is 0 Å². The average molecular weight is 278 g/mol. The molecular weight excluding hydrogens is 261 g/mol. The molecule has 0 amide bonds. The maximum Gasteiger partial charge on any atom is 0.451 e. The monoisotopic (exact) mass is 278 g/mol. The minimum atomic E-state index is -4.60. The Hall–Kier alpha value is -1.57. The van der Waals surface area contributed by atoms with Gasteiger partial charge in [0.15, 0.2) is 0 Å². The molecule has 1 heterocycles. The van der Waals surface area contributed by atoms with Crippen LogP contribution in [0.5, 0.6) is 0 Å². The van der Waals surface area contributed by atoms with Gasteiger partial charge in [0, 0.05) is 19.2 Å². The summed E-state index contributed by atoms with van der Waals surface area (Å²) >= 11 is 0. The quantitative estimate of drug-likeness (QED) is 0.769. The second-order valence-electron chi connectivity index (χ2n) is 4.34. The zero-order valence-corrected chi connectivity index (χ0v) is 10.9. The number of aliphatic hydroxyl groups excluding tert-OH is 1. The molecular formula is C11H17F3N4O. The highest BCUT2D eigenvalue weighted by molar-refractivity contribution is 5.47. The van der Waals surface area contributed by atoms with Gasteiger partial charge in [-0.05, 0) is 20.3 Å². The Morgan fingerprint density at radius 2 is 1.84 bits per heavy atom. The largest absolute Gasteiger partial charge is 0.451 e. The van der Waals surface area contributed by atoms with E-state index >= 15 is 0 Å². The molecule has 0 radical (unpaired) electrons. The fourth-order valence-corrected chi connectivity index (χ4v) is 1.60. The molecule has 2 atom stereocenters. The predicted molar refractivity (Wildman–Crippen MR) is 66.0 cm³/mol. The first-order chi connectivity index (χ1) is 8.72. The van der Waals surface area contributed by atoms with E-state index in [4.69, 9.17) is 0 Å². The van der Waals surface area contributed by atoms with Crippen molar-refractivity contribution in [1.82, 2.24) is 9.97 Å². The molecule has 0 aliphatic carbocycles. The standard InChI is InChI=1S/C11H17F3N4O/c1-6(4-7(2)19)16-9-5-8(15-3)17-10(18-9)11(12,13)14/h5-7,19H,4H2,1-3H3,(H2,15,16,17,18). The first-order valence-corrected chi connectivity index (χ1v) is 5.81. The van der Waals surface area contributed by atoms with Gasteiger partial charge in [-0.1, -0.05) is 0 Å². The van der Waals surface area contributed by atoms with Gasteiger partial charge in [-0.3, -0.25) is 0 Å². The molecule has 0 spiro atoms. The lowest BCUT2D eigenvalue weighted by Crippen LogP contribution is -2.22. The van der Waals surface area contributed by atoms with Crippen molar-refractivity contribution < 1.29 is 18.3 Å². The predicted octanol–water partition coefficient (Wildman–Crippen LogP) is 2.11. The van der Waals surface area contributed by atoms with Crippen LogP contribution in [0.1, 0.15) is 26.1 Å². The van der Waals surface area contributed by atoms with E-state index in [1.54, 1.807) is 13.8 Å². The van der Waals surface area contributed by atoms with Gasteiger partial charge < -0.3 is 15.7 Å². The summed E-state index contributed by atoms with van der Waals surface area (Å²) in [5.74, 6) is -1.06. The number of nitrogens with zero attached hydrogens (tertiary/aromatic N) is 2. The van der Waals surface area contributed by atoms with Crippen LogP contribution < -0.4 is 10.6 Å². The molecule has 108 valence electrons. The fourth-order valence-electron chi connectivity index (χ4n) is 1.60. The number of aromatic nitrogens is 2. The summed E-state index contributed by atoms with van der Waals surface area (Å²) in [6.45, 7) is 3.36. The Bertz CT molecular complexity index is 423. The van der Waals surface area contributed by atoms with E-state index in [-0.39, 0.29) is 17.7 Å². The second-order valence-corrected chi connectivity index (χ2v) is 4.34. The van der Waals surface area contributed by atoms with Crippen LogP contribution in [0.4, 0.5) is 24.8 Å². The molecule has 8 heteroatoms. The van der Waals surface area contributed by atoms with Crippen LogP contribution in [-0.2, 0) is 6.18 Å². The van der Waals surface area contributed by atoms with E-state index in [1.165, 1.54) is 13.1 Å². The first-order valence-electron chi connectivity index (χ1n) is 5.81.